The average molecular weight is 371 g/mol. The highest BCUT2D eigenvalue weighted by molar-refractivity contribution is 6.62. The summed E-state index contributed by atoms with van der Waals surface area (Å²) in [6.07, 6.45) is 1.55. The number of rotatable bonds is 3. The number of carbonyl (C=O) groups is 1. The molecule has 1 aromatic heterocycles. The fourth-order valence-electron chi connectivity index (χ4n) is 2.72. The van der Waals surface area contributed by atoms with Gasteiger partial charge in [0, 0.05) is 6.20 Å². The zero-order chi connectivity index (χ0) is 19.8. The van der Waals surface area contributed by atoms with Gasteiger partial charge in [-0.3, -0.25) is 5.32 Å². The van der Waals surface area contributed by atoms with E-state index >= 15 is 0 Å². The number of aryl methyl sites for hydroxylation is 1. The fraction of sp³-hybridized carbons (Fsp3) is 0.368. The first-order chi connectivity index (χ1) is 12.6. The summed E-state index contributed by atoms with van der Waals surface area (Å²) in [6, 6.07) is 7.43. The van der Waals surface area contributed by atoms with Crippen LogP contribution < -0.4 is 16.1 Å². The van der Waals surface area contributed by atoms with Crippen molar-refractivity contribution in [1.82, 2.24) is 4.98 Å². The second kappa shape index (κ2) is 6.94. The Bertz CT molecular complexity index is 843. The van der Waals surface area contributed by atoms with Gasteiger partial charge < -0.3 is 14.6 Å². The number of pyridine rings is 1. The number of aromatic nitrogens is 1. The zero-order valence-corrected chi connectivity index (χ0v) is 16.1. The van der Waals surface area contributed by atoms with Crippen LogP contribution in [0.5, 0.6) is 0 Å². The number of carbonyl (C=O) groups excluding carboxylic acids is 1. The molecule has 0 atom stereocenters. The lowest BCUT2D eigenvalue weighted by Crippen LogP contribution is -2.41. The molecule has 142 valence electrons. The number of halogens is 1. The maximum absolute atomic E-state index is 14.4. The summed E-state index contributed by atoms with van der Waals surface area (Å²) < 4.78 is 26.5. The van der Waals surface area contributed by atoms with Crippen molar-refractivity contribution in [3.63, 3.8) is 0 Å². The van der Waals surface area contributed by atoms with E-state index in [1.54, 1.807) is 37.4 Å². The Morgan fingerprint density at radius 3 is 2.37 bits per heavy atom. The average Bonchev–Trinajstić information content (AvgIpc) is 2.78. The minimum Gasteiger partial charge on any atom is -0.399 e. The van der Waals surface area contributed by atoms with Crippen LogP contribution in [0.3, 0.4) is 0 Å². The molecule has 0 unspecified atom stereocenters. The van der Waals surface area contributed by atoms with Crippen LogP contribution in [0.2, 0.25) is 0 Å². The highest BCUT2D eigenvalue weighted by atomic mass is 19.1. The summed E-state index contributed by atoms with van der Waals surface area (Å²) in [7, 11) is -0.644. The number of hydrogen-bond donors (Lipinski definition) is 2. The number of amides is 2. The van der Waals surface area contributed by atoms with Gasteiger partial charge in [0.1, 0.15) is 11.6 Å². The second-order valence-corrected chi connectivity index (χ2v) is 7.57. The van der Waals surface area contributed by atoms with Gasteiger partial charge in [-0.05, 0) is 69.9 Å². The Balaban J connectivity index is 1.81. The van der Waals surface area contributed by atoms with Crippen LogP contribution in [0, 0.1) is 12.7 Å². The van der Waals surface area contributed by atoms with Crippen LogP contribution in [0.1, 0.15) is 33.3 Å². The Morgan fingerprint density at radius 2 is 1.78 bits per heavy atom. The van der Waals surface area contributed by atoms with Crippen LogP contribution >= 0.6 is 0 Å². The van der Waals surface area contributed by atoms with Crippen molar-refractivity contribution in [2.45, 2.75) is 45.8 Å². The number of anilines is 2. The minimum absolute atomic E-state index is 0.0405. The third-order valence-electron chi connectivity index (χ3n) is 5.02. The molecule has 6 nitrogen and oxygen atoms in total. The van der Waals surface area contributed by atoms with E-state index in [0.717, 1.165) is 0 Å². The highest BCUT2D eigenvalue weighted by Gasteiger charge is 2.52. The van der Waals surface area contributed by atoms with Crippen LogP contribution in [0.4, 0.5) is 20.7 Å². The van der Waals surface area contributed by atoms with Crippen molar-refractivity contribution in [1.29, 1.82) is 0 Å². The minimum atomic E-state index is -0.644. The molecule has 0 spiro atoms. The standard InChI is InChI=1S/C19H23BFN3O3/c1-12-10-14(21)15(23-17(25)24-16-8-6-7-9-22-16)11-13(12)20-26-18(2,3)19(4,5)27-20/h6-11H,1-5H3,(H2,22,23,24,25). The first-order valence-electron chi connectivity index (χ1n) is 8.74. The quantitative estimate of drug-likeness (QED) is 0.811. The molecule has 1 aromatic carbocycles. The number of hydrogen-bond acceptors (Lipinski definition) is 4. The first-order valence-corrected chi connectivity index (χ1v) is 8.74. The van der Waals surface area contributed by atoms with Crippen LogP contribution in [-0.2, 0) is 9.31 Å². The van der Waals surface area contributed by atoms with Crippen molar-refractivity contribution < 1.29 is 18.5 Å². The number of nitrogens with one attached hydrogen (secondary N) is 2. The van der Waals surface area contributed by atoms with Gasteiger partial charge in [0.2, 0.25) is 0 Å². The molecule has 0 saturated carbocycles. The topological polar surface area (TPSA) is 72.5 Å². The molecule has 0 radical (unpaired) electrons. The van der Waals surface area contributed by atoms with Crippen molar-refractivity contribution in [3.05, 3.63) is 47.9 Å². The van der Waals surface area contributed by atoms with Crippen molar-refractivity contribution >= 4 is 30.1 Å². The van der Waals surface area contributed by atoms with Crippen molar-refractivity contribution in [2.24, 2.45) is 0 Å². The number of urea groups is 1. The zero-order valence-electron chi connectivity index (χ0n) is 16.1. The maximum Gasteiger partial charge on any atom is 0.495 e. The Hall–Kier alpha value is -2.45. The van der Waals surface area contributed by atoms with E-state index in [-0.39, 0.29) is 5.69 Å². The molecule has 0 bridgehead atoms. The molecule has 2 aromatic rings. The lowest BCUT2D eigenvalue weighted by molar-refractivity contribution is 0.00578. The van der Waals surface area contributed by atoms with Gasteiger partial charge in [0.15, 0.2) is 0 Å². The molecule has 8 heteroatoms. The molecule has 1 aliphatic heterocycles. The number of benzene rings is 1. The van der Waals surface area contributed by atoms with Crippen LogP contribution in [-0.4, -0.2) is 29.3 Å². The van der Waals surface area contributed by atoms with Crippen LogP contribution in [0.25, 0.3) is 0 Å². The maximum atomic E-state index is 14.4. The molecular weight excluding hydrogens is 348 g/mol. The van der Waals surface area contributed by atoms with E-state index in [4.69, 9.17) is 9.31 Å². The largest absolute Gasteiger partial charge is 0.495 e. The third kappa shape index (κ3) is 3.96. The summed E-state index contributed by atoms with van der Waals surface area (Å²) in [4.78, 5) is 16.2. The molecule has 3 rings (SSSR count). The highest BCUT2D eigenvalue weighted by Crippen LogP contribution is 2.37. The van der Waals surface area contributed by atoms with E-state index in [0.29, 0.717) is 16.8 Å². The summed E-state index contributed by atoms with van der Waals surface area (Å²) in [6.45, 7) is 9.58. The molecule has 2 heterocycles. The van der Waals surface area contributed by atoms with Gasteiger partial charge in [-0.25, -0.2) is 14.2 Å². The summed E-state index contributed by atoms with van der Waals surface area (Å²) in [5, 5.41) is 5.07. The normalized spacial score (nSPS) is 17.6. The van der Waals surface area contributed by atoms with E-state index < -0.39 is 30.2 Å². The van der Waals surface area contributed by atoms with E-state index in [2.05, 4.69) is 15.6 Å². The van der Waals surface area contributed by atoms with Crippen LogP contribution in [0.15, 0.2) is 36.5 Å². The lowest BCUT2D eigenvalue weighted by atomic mass is 9.76. The molecule has 2 N–H and O–H groups in total. The molecule has 1 fully saturated rings. The van der Waals surface area contributed by atoms with Gasteiger partial charge in [-0.1, -0.05) is 6.07 Å². The molecule has 1 aliphatic rings. The monoisotopic (exact) mass is 371 g/mol. The summed E-state index contributed by atoms with van der Waals surface area (Å²) in [5.41, 5.74) is 0.369. The van der Waals surface area contributed by atoms with Crippen molar-refractivity contribution in [3.8, 4) is 0 Å². The van der Waals surface area contributed by atoms with E-state index in [1.165, 1.54) is 6.07 Å². The molecular formula is C19H23BFN3O3. The third-order valence-corrected chi connectivity index (χ3v) is 5.02. The van der Waals surface area contributed by atoms with Crippen molar-refractivity contribution in [2.75, 3.05) is 10.6 Å². The van der Waals surface area contributed by atoms with E-state index in [1.807, 2.05) is 27.7 Å². The predicted molar refractivity (Wildman–Crippen MR) is 104 cm³/mol. The molecule has 2 amide bonds. The Morgan fingerprint density at radius 1 is 1.11 bits per heavy atom. The van der Waals surface area contributed by atoms with Gasteiger partial charge in [0.25, 0.3) is 0 Å². The molecule has 0 aliphatic carbocycles. The Labute approximate surface area is 158 Å². The summed E-state index contributed by atoms with van der Waals surface area (Å²) in [5.74, 6) is -0.169. The van der Waals surface area contributed by atoms with Gasteiger partial charge >= 0.3 is 13.1 Å². The van der Waals surface area contributed by atoms with Gasteiger partial charge in [-0.15, -0.1) is 0 Å². The lowest BCUT2D eigenvalue weighted by Gasteiger charge is -2.32. The van der Waals surface area contributed by atoms with Gasteiger partial charge in [-0.2, -0.15) is 0 Å². The SMILES string of the molecule is Cc1cc(F)c(NC(=O)Nc2ccccn2)cc1B1OC(C)(C)C(C)(C)O1. The van der Waals surface area contributed by atoms with E-state index in [9.17, 15) is 9.18 Å². The summed E-state index contributed by atoms with van der Waals surface area (Å²) >= 11 is 0. The predicted octanol–water partition coefficient (Wildman–Crippen LogP) is 3.47. The van der Waals surface area contributed by atoms with Gasteiger partial charge in [0.05, 0.1) is 16.9 Å². The molecule has 27 heavy (non-hydrogen) atoms. The fourth-order valence-corrected chi connectivity index (χ4v) is 2.72. The smallest absolute Gasteiger partial charge is 0.399 e. The Kier molecular flexibility index (Phi) is 4.97. The first kappa shape index (κ1) is 19.3. The molecule has 1 saturated heterocycles. The number of nitrogens with zero attached hydrogens (tertiary/aromatic N) is 1. The second-order valence-electron chi connectivity index (χ2n) is 7.57.